The maximum atomic E-state index is 13.1. The minimum absolute atomic E-state index is 0.0131. The third kappa shape index (κ3) is 2.85. The second kappa shape index (κ2) is 5.01. The number of H-pyrrole nitrogens is 1. The van der Waals surface area contributed by atoms with Crippen LogP contribution < -0.4 is 5.32 Å². The van der Waals surface area contributed by atoms with Crippen molar-refractivity contribution >= 4 is 0 Å². The highest BCUT2D eigenvalue weighted by Crippen LogP contribution is 2.17. The van der Waals surface area contributed by atoms with Gasteiger partial charge in [-0.2, -0.15) is 5.21 Å². The fourth-order valence-corrected chi connectivity index (χ4v) is 1.67. The molecule has 0 aliphatic heterocycles. The molecule has 0 spiro atoms. The molecule has 0 saturated carbocycles. The number of benzene rings is 1. The van der Waals surface area contributed by atoms with Crippen molar-refractivity contribution in [2.75, 3.05) is 0 Å². The summed E-state index contributed by atoms with van der Waals surface area (Å²) in [6, 6.07) is 6.48. The average molecular weight is 235 g/mol. The molecule has 0 fully saturated rings. The van der Waals surface area contributed by atoms with Crippen molar-refractivity contribution < 1.29 is 4.39 Å². The van der Waals surface area contributed by atoms with Crippen LogP contribution in [0.1, 0.15) is 37.3 Å². The van der Waals surface area contributed by atoms with Gasteiger partial charge in [-0.3, -0.25) is 0 Å². The summed E-state index contributed by atoms with van der Waals surface area (Å²) in [5.74, 6) is 0.358. The summed E-state index contributed by atoms with van der Waals surface area (Å²) < 4.78 is 13.1. The zero-order valence-electron chi connectivity index (χ0n) is 9.68. The van der Waals surface area contributed by atoms with E-state index in [9.17, 15) is 4.39 Å². The molecule has 2 atom stereocenters. The first kappa shape index (κ1) is 11.7. The lowest BCUT2D eigenvalue weighted by atomic mass is 10.1. The Morgan fingerprint density at radius 1 is 1.29 bits per heavy atom. The Morgan fingerprint density at radius 3 is 2.76 bits per heavy atom. The molecule has 0 saturated heterocycles. The van der Waals surface area contributed by atoms with E-state index in [2.05, 4.69) is 25.9 Å². The number of hydrogen-bond donors (Lipinski definition) is 2. The molecule has 2 rings (SSSR count). The molecule has 0 radical (unpaired) electrons. The van der Waals surface area contributed by atoms with Crippen LogP contribution in [0.4, 0.5) is 4.39 Å². The van der Waals surface area contributed by atoms with Gasteiger partial charge >= 0.3 is 0 Å². The number of hydrogen-bond acceptors (Lipinski definition) is 4. The largest absolute Gasteiger partial charge is 0.301 e. The SMILES string of the molecule is CC(NC(C)c1nn[nH]n1)c1cccc(F)c1. The maximum Gasteiger partial charge on any atom is 0.191 e. The lowest BCUT2D eigenvalue weighted by molar-refractivity contribution is 0.474. The Hall–Kier alpha value is -1.82. The normalized spacial score (nSPS) is 14.5. The number of rotatable bonds is 4. The summed E-state index contributed by atoms with van der Waals surface area (Å²) in [6.07, 6.45) is 0. The smallest absolute Gasteiger partial charge is 0.191 e. The predicted octanol–water partition coefficient (Wildman–Crippen LogP) is 1.75. The molecule has 2 aromatic rings. The van der Waals surface area contributed by atoms with Gasteiger partial charge in [-0.05, 0) is 31.5 Å². The molecule has 17 heavy (non-hydrogen) atoms. The number of aromatic amines is 1. The van der Waals surface area contributed by atoms with Crippen LogP contribution in [0.25, 0.3) is 0 Å². The van der Waals surface area contributed by atoms with Crippen molar-refractivity contribution in [3.8, 4) is 0 Å². The van der Waals surface area contributed by atoms with Crippen molar-refractivity contribution in [1.29, 1.82) is 0 Å². The Bertz CT molecular complexity index is 470. The van der Waals surface area contributed by atoms with Crippen LogP contribution in [0, 0.1) is 5.82 Å². The Kier molecular flexibility index (Phi) is 3.43. The highest BCUT2D eigenvalue weighted by molar-refractivity contribution is 5.19. The zero-order chi connectivity index (χ0) is 12.3. The van der Waals surface area contributed by atoms with Gasteiger partial charge < -0.3 is 5.32 Å². The van der Waals surface area contributed by atoms with Crippen LogP contribution in [0.3, 0.4) is 0 Å². The number of nitrogens with one attached hydrogen (secondary N) is 2. The number of nitrogens with zero attached hydrogens (tertiary/aromatic N) is 3. The zero-order valence-corrected chi connectivity index (χ0v) is 9.68. The lowest BCUT2D eigenvalue weighted by Gasteiger charge is -2.17. The third-order valence-electron chi connectivity index (χ3n) is 2.60. The van der Waals surface area contributed by atoms with Gasteiger partial charge in [-0.15, -0.1) is 10.2 Å². The Morgan fingerprint density at radius 2 is 2.12 bits per heavy atom. The van der Waals surface area contributed by atoms with E-state index in [0.717, 1.165) is 5.56 Å². The first-order valence-electron chi connectivity index (χ1n) is 5.41. The average Bonchev–Trinajstić information content (AvgIpc) is 2.82. The summed E-state index contributed by atoms with van der Waals surface area (Å²) in [6.45, 7) is 3.89. The van der Waals surface area contributed by atoms with Crippen LogP contribution in [0.5, 0.6) is 0 Å². The van der Waals surface area contributed by atoms with E-state index in [1.165, 1.54) is 12.1 Å². The van der Waals surface area contributed by atoms with Gasteiger partial charge in [0, 0.05) is 6.04 Å². The van der Waals surface area contributed by atoms with Gasteiger partial charge in [0.2, 0.25) is 0 Å². The first-order valence-corrected chi connectivity index (χ1v) is 5.41. The standard InChI is InChI=1S/C11H14FN5/c1-7(9-4-3-5-10(12)6-9)13-8(2)11-14-16-17-15-11/h3-8,13H,1-2H3,(H,14,15,16,17). The van der Waals surface area contributed by atoms with E-state index in [-0.39, 0.29) is 17.9 Å². The quantitative estimate of drug-likeness (QED) is 0.847. The molecule has 5 nitrogen and oxygen atoms in total. The molecule has 2 N–H and O–H groups in total. The predicted molar refractivity (Wildman–Crippen MR) is 60.5 cm³/mol. The van der Waals surface area contributed by atoms with Crippen LogP contribution in [0.15, 0.2) is 24.3 Å². The Labute approximate surface area is 98.4 Å². The second-order valence-electron chi connectivity index (χ2n) is 3.94. The molecule has 2 unspecified atom stereocenters. The molecule has 1 aromatic carbocycles. The second-order valence-corrected chi connectivity index (χ2v) is 3.94. The van der Waals surface area contributed by atoms with Gasteiger partial charge in [-0.25, -0.2) is 4.39 Å². The topological polar surface area (TPSA) is 66.5 Å². The fraction of sp³-hybridized carbons (Fsp3) is 0.364. The van der Waals surface area contributed by atoms with E-state index in [1.807, 2.05) is 19.9 Å². The molecule has 0 amide bonds. The fourth-order valence-electron chi connectivity index (χ4n) is 1.67. The monoisotopic (exact) mass is 235 g/mol. The van der Waals surface area contributed by atoms with Crippen molar-refractivity contribution in [3.05, 3.63) is 41.5 Å². The third-order valence-corrected chi connectivity index (χ3v) is 2.60. The molecular weight excluding hydrogens is 221 g/mol. The maximum absolute atomic E-state index is 13.1. The van der Waals surface area contributed by atoms with Crippen molar-refractivity contribution in [1.82, 2.24) is 25.9 Å². The van der Waals surface area contributed by atoms with E-state index in [4.69, 9.17) is 0 Å². The van der Waals surface area contributed by atoms with Crippen molar-refractivity contribution in [2.45, 2.75) is 25.9 Å². The molecule has 1 aromatic heterocycles. The van der Waals surface area contributed by atoms with E-state index in [0.29, 0.717) is 5.82 Å². The molecule has 0 bridgehead atoms. The van der Waals surface area contributed by atoms with Crippen molar-refractivity contribution in [2.24, 2.45) is 0 Å². The summed E-state index contributed by atoms with van der Waals surface area (Å²) >= 11 is 0. The number of tetrazole rings is 1. The lowest BCUT2D eigenvalue weighted by Crippen LogP contribution is -2.23. The van der Waals surface area contributed by atoms with Gasteiger partial charge in [0.05, 0.1) is 6.04 Å². The minimum Gasteiger partial charge on any atom is -0.301 e. The molecule has 0 aliphatic rings. The summed E-state index contributed by atoms with van der Waals surface area (Å²) in [5, 5.41) is 17.0. The highest BCUT2D eigenvalue weighted by Gasteiger charge is 2.14. The number of aromatic nitrogens is 4. The van der Waals surface area contributed by atoms with Crippen LogP contribution >= 0.6 is 0 Å². The molecule has 0 aliphatic carbocycles. The van der Waals surface area contributed by atoms with Crippen LogP contribution in [0.2, 0.25) is 0 Å². The summed E-state index contributed by atoms with van der Waals surface area (Å²) in [7, 11) is 0. The van der Waals surface area contributed by atoms with E-state index < -0.39 is 0 Å². The van der Waals surface area contributed by atoms with Gasteiger partial charge in [-0.1, -0.05) is 17.3 Å². The van der Waals surface area contributed by atoms with Crippen molar-refractivity contribution in [3.63, 3.8) is 0 Å². The summed E-state index contributed by atoms with van der Waals surface area (Å²) in [4.78, 5) is 0. The Balaban J connectivity index is 2.04. The first-order chi connectivity index (χ1) is 8.16. The molecule has 1 heterocycles. The minimum atomic E-state index is -0.233. The van der Waals surface area contributed by atoms with Gasteiger partial charge in [0.25, 0.3) is 0 Å². The van der Waals surface area contributed by atoms with Gasteiger partial charge in [0.1, 0.15) is 5.82 Å². The molecular formula is C11H14FN5. The van der Waals surface area contributed by atoms with E-state index in [1.54, 1.807) is 6.07 Å². The van der Waals surface area contributed by atoms with E-state index >= 15 is 0 Å². The number of halogens is 1. The van der Waals surface area contributed by atoms with Crippen LogP contribution in [-0.2, 0) is 0 Å². The van der Waals surface area contributed by atoms with Gasteiger partial charge in [0.15, 0.2) is 5.82 Å². The molecule has 6 heteroatoms. The molecule has 90 valence electrons. The van der Waals surface area contributed by atoms with Crippen LogP contribution in [-0.4, -0.2) is 20.6 Å². The highest BCUT2D eigenvalue weighted by atomic mass is 19.1. The summed E-state index contributed by atoms with van der Waals surface area (Å²) in [5.41, 5.74) is 0.889.